The Kier molecular flexibility index (Phi) is 6.14. The lowest BCUT2D eigenvalue weighted by atomic mass is 10.2. The highest BCUT2D eigenvalue weighted by Crippen LogP contribution is 2.28. The van der Waals surface area contributed by atoms with Crippen molar-refractivity contribution < 1.29 is 14.3 Å². The van der Waals surface area contributed by atoms with Crippen molar-refractivity contribution in [1.82, 2.24) is 10.3 Å². The largest absolute Gasteiger partial charge is 0.495 e. The number of nitrogens with zero attached hydrogens (tertiary/aromatic N) is 1. The van der Waals surface area contributed by atoms with Gasteiger partial charge in [-0.1, -0.05) is 18.5 Å². The smallest absolute Gasteiger partial charge is 0.274 e. The quantitative estimate of drug-likeness (QED) is 0.841. The van der Waals surface area contributed by atoms with Crippen molar-refractivity contribution in [3.63, 3.8) is 0 Å². The number of ether oxygens (including phenoxy) is 1. The third kappa shape index (κ3) is 4.45. The third-order valence-electron chi connectivity index (χ3n) is 3.20. The summed E-state index contributed by atoms with van der Waals surface area (Å²) < 4.78 is 5.19. The van der Waals surface area contributed by atoms with Gasteiger partial charge in [-0.3, -0.25) is 14.6 Å². The number of aromatic nitrogens is 1. The van der Waals surface area contributed by atoms with Gasteiger partial charge < -0.3 is 15.4 Å². The first-order valence-electron chi connectivity index (χ1n) is 7.44. The van der Waals surface area contributed by atoms with Gasteiger partial charge in [0.25, 0.3) is 11.8 Å². The van der Waals surface area contributed by atoms with E-state index in [1.54, 1.807) is 24.3 Å². The number of anilines is 1. The molecule has 1 aromatic carbocycles. The van der Waals surface area contributed by atoms with Crippen molar-refractivity contribution in [3.05, 3.63) is 52.8 Å². The van der Waals surface area contributed by atoms with Gasteiger partial charge in [0.15, 0.2) is 0 Å². The van der Waals surface area contributed by atoms with E-state index in [2.05, 4.69) is 15.6 Å². The van der Waals surface area contributed by atoms with E-state index in [1.807, 2.05) is 6.92 Å². The highest BCUT2D eigenvalue weighted by molar-refractivity contribution is 6.31. The number of nitrogens with one attached hydrogen (secondary N) is 2. The van der Waals surface area contributed by atoms with Crippen molar-refractivity contribution in [2.24, 2.45) is 0 Å². The SMILES string of the molecule is CCCNC(=O)c1ccnc(C(=O)Nc2cc(Cl)ccc2OC)c1. The Morgan fingerprint density at radius 3 is 2.71 bits per heavy atom. The number of hydrogen-bond donors (Lipinski definition) is 2. The first kappa shape index (κ1) is 17.7. The normalized spacial score (nSPS) is 10.1. The van der Waals surface area contributed by atoms with Crippen LogP contribution in [0.4, 0.5) is 5.69 Å². The molecule has 0 saturated heterocycles. The van der Waals surface area contributed by atoms with Gasteiger partial charge in [-0.2, -0.15) is 0 Å². The zero-order chi connectivity index (χ0) is 17.5. The Morgan fingerprint density at radius 2 is 2.00 bits per heavy atom. The average Bonchev–Trinajstić information content (AvgIpc) is 2.60. The molecule has 1 aromatic heterocycles. The maximum atomic E-state index is 12.4. The van der Waals surface area contributed by atoms with Crippen LogP contribution in [0.25, 0.3) is 0 Å². The molecule has 0 fully saturated rings. The molecule has 0 spiro atoms. The lowest BCUT2D eigenvalue weighted by molar-refractivity contribution is 0.0953. The van der Waals surface area contributed by atoms with E-state index in [1.165, 1.54) is 19.4 Å². The van der Waals surface area contributed by atoms with Gasteiger partial charge in [0.1, 0.15) is 11.4 Å². The van der Waals surface area contributed by atoms with Gasteiger partial charge in [-0.05, 0) is 36.8 Å². The van der Waals surface area contributed by atoms with E-state index >= 15 is 0 Å². The van der Waals surface area contributed by atoms with E-state index in [0.717, 1.165) is 6.42 Å². The maximum absolute atomic E-state index is 12.4. The van der Waals surface area contributed by atoms with E-state index in [-0.39, 0.29) is 11.6 Å². The highest BCUT2D eigenvalue weighted by atomic mass is 35.5. The van der Waals surface area contributed by atoms with Crippen LogP contribution in [-0.4, -0.2) is 30.5 Å². The zero-order valence-electron chi connectivity index (χ0n) is 13.4. The zero-order valence-corrected chi connectivity index (χ0v) is 14.2. The van der Waals surface area contributed by atoms with E-state index < -0.39 is 5.91 Å². The Labute approximate surface area is 145 Å². The minimum atomic E-state index is -0.458. The second-order valence-electron chi connectivity index (χ2n) is 4.98. The number of benzene rings is 1. The molecule has 0 aliphatic heterocycles. The van der Waals surface area contributed by atoms with Crippen LogP contribution in [0.5, 0.6) is 5.75 Å². The number of hydrogen-bond acceptors (Lipinski definition) is 4. The van der Waals surface area contributed by atoms with E-state index in [9.17, 15) is 9.59 Å². The van der Waals surface area contributed by atoms with Crippen molar-refractivity contribution in [1.29, 1.82) is 0 Å². The summed E-state index contributed by atoms with van der Waals surface area (Å²) in [5.41, 5.74) is 0.931. The van der Waals surface area contributed by atoms with Gasteiger partial charge in [0.05, 0.1) is 12.8 Å². The minimum Gasteiger partial charge on any atom is -0.495 e. The second-order valence-corrected chi connectivity index (χ2v) is 5.42. The van der Waals surface area contributed by atoms with Crippen LogP contribution in [0.15, 0.2) is 36.5 Å². The molecule has 6 nitrogen and oxygen atoms in total. The number of pyridine rings is 1. The molecule has 1 heterocycles. The molecule has 2 aromatic rings. The predicted octanol–water partition coefficient (Wildman–Crippen LogP) is 3.14. The van der Waals surface area contributed by atoms with Gasteiger partial charge in [-0.25, -0.2) is 0 Å². The van der Waals surface area contributed by atoms with Crippen LogP contribution in [0.1, 0.15) is 34.2 Å². The summed E-state index contributed by atoms with van der Waals surface area (Å²) in [6.45, 7) is 2.53. The van der Waals surface area contributed by atoms with Gasteiger partial charge in [-0.15, -0.1) is 0 Å². The summed E-state index contributed by atoms with van der Waals surface area (Å²) in [7, 11) is 1.50. The van der Waals surface area contributed by atoms with Crippen molar-refractivity contribution in [2.75, 3.05) is 19.0 Å². The van der Waals surface area contributed by atoms with Crippen molar-refractivity contribution >= 4 is 29.1 Å². The first-order valence-corrected chi connectivity index (χ1v) is 7.82. The fraction of sp³-hybridized carbons (Fsp3) is 0.235. The molecule has 0 saturated carbocycles. The summed E-state index contributed by atoms with van der Waals surface area (Å²) >= 11 is 5.94. The van der Waals surface area contributed by atoms with Crippen molar-refractivity contribution in [3.8, 4) is 5.75 Å². The Bertz CT molecular complexity index is 750. The molecule has 0 atom stereocenters. The molecule has 0 bridgehead atoms. The molecule has 0 aliphatic rings. The fourth-order valence-electron chi connectivity index (χ4n) is 2.00. The van der Waals surface area contributed by atoms with E-state index in [0.29, 0.717) is 28.6 Å². The molecule has 2 N–H and O–H groups in total. The van der Waals surface area contributed by atoms with Crippen LogP contribution in [-0.2, 0) is 0 Å². The van der Waals surface area contributed by atoms with Crippen LogP contribution in [0.3, 0.4) is 0 Å². The standard InChI is InChI=1S/C17H18ClN3O3/c1-3-7-20-16(22)11-6-8-19-14(9-11)17(23)21-13-10-12(18)4-5-15(13)24-2/h4-6,8-10H,3,7H2,1-2H3,(H,20,22)(H,21,23). The molecular formula is C17H18ClN3O3. The molecule has 2 rings (SSSR count). The minimum absolute atomic E-state index is 0.126. The molecule has 0 unspecified atom stereocenters. The monoisotopic (exact) mass is 347 g/mol. The third-order valence-corrected chi connectivity index (χ3v) is 3.44. The number of halogens is 1. The predicted molar refractivity (Wildman–Crippen MR) is 92.8 cm³/mol. The Balaban J connectivity index is 2.19. The molecule has 24 heavy (non-hydrogen) atoms. The molecule has 0 radical (unpaired) electrons. The summed E-state index contributed by atoms with van der Waals surface area (Å²) in [6.07, 6.45) is 2.25. The van der Waals surface area contributed by atoms with Gasteiger partial charge in [0, 0.05) is 23.3 Å². The van der Waals surface area contributed by atoms with Gasteiger partial charge in [0.2, 0.25) is 0 Å². The maximum Gasteiger partial charge on any atom is 0.274 e. The summed E-state index contributed by atoms with van der Waals surface area (Å²) in [5.74, 6) is -0.223. The number of methoxy groups -OCH3 is 1. The van der Waals surface area contributed by atoms with Gasteiger partial charge >= 0.3 is 0 Å². The molecule has 126 valence electrons. The Hall–Kier alpha value is -2.60. The van der Waals surface area contributed by atoms with Crippen LogP contribution < -0.4 is 15.4 Å². The summed E-state index contributed by atoms with van der Waals surface area (Å²) in [5, 5.41) is 5.90. The lowest BCUT2D eigenvalue weighted by Crippen LogP contribution is -2.24. The van der Waals surface area contributed by atoms with E-state index in [4.69, 9.17) is 16.3 Å². The topological polar surface area (TPSA) is 80.3 Å². The summed E-state index contributed by atoms with van der Waals surface area (Å²) in [4.78, 5) is 28.4. The first-order chi connectivity index (χ1) is 11.5. The number of amides is 2. The van der Waals surface area contributed by atoms with Crippen molar-refractivity contribution in [2.45, 2.75) is 13.3 Å². The van der Waals surface area contributed by atoms with Crippen LogP contribution in [0, 0.1) is 0 Å². The molecule has 0 aliphatic carbocycles. The number of rotatable bonds is 6. The molecule has 2 amide bonds. The fourth-order valence-corrected chi connectivity index (χ4v) is 2.17. The second kappa shape index (κ2) is 8.31. The highest BCUT2D eigenvalue weighted by Gasteiger charge is 2.14. The average molecular weight is 348 g/mol. The summed E-state index contributed by atoms with van der Waals surface area (Å²) in [6, 6.07) is 7.89. The van der Waals surface area contributed by atoms with Crippen LogP contribution >= 0.6 is 11.6 Å². The number of carbonyl (C=O) groups is 2. The number of carbonyl (C=O) groups excluding carboxylic acids is 2. The molecule has 7 heteroatoms. The van der Waals surface area contributed by atoms with Crippen LogP contribution in [0.2, 0.25) is 5.02 Å². The lowest BCUT2D eigenvalue weighted by Gasteiger charge is -2.10. The Morgan fingerprint density at radius 1 is 1.21 bits per heavy atom. The molecular weight excluding hydrogens is 330 g/mol.